The van der Waals surface area contributed by atoms with Crippen molar-refractivity contribution in [2.45, 2.75) is 0 Å². The van der Waals surface area contributed by atoms with Crippen LogP contribution in [-0.4, -0.2) is 90.1 Å². The summed E-state index contributed by atoms with van der Waals surface area (Å²) in [5, 5.41) is 20.8. The fourth-order valence-electron chi connectivity index (χ4n) is 2.29. The summed E-state index contributed by atoms with van der Waals surface area (Å²) >= 11 is 14.8. The van der Waals surface area contributed by atoms with Gasteiger partial charge in [-0.3, -0.25) is 0 Å². The van der Waals surface area contributed by atoms with Crippen LogP contribution < -0.4 is 10.2 Å². The first kappa shape index (κ1) is 32.0. The molecule has 0 saturated heterocycles. The summed E-state index contributed by atoms with van der Waals surface area (Å²) in [5.74, 6) is 1.74. The molecule has 2 rings (SSSR count). The van der Waals surface area contributed by atoms with Crippen LogP contribution in [0.15, 0.2) is 25.4 Å². The molecule has 0 bridgehead atoms. The van der Waals surface area contributed by atoms with Crippen LogP contribution >= 0.6 is 94.1 Å². The second kappa shape index (κ2) is 20.7. The fourth-order valence-corrected chi connectivity index (χ4v) is 13.3. The van der Waals surface area contributed by atoms with Crippen molar-refractivity contribution in [3.63, 3.8) is 0 Å². The molecule has 0 atom stereocenters. The largest absolute Gasteiger partial charge is 0.853 e. The van der Waals surface area contributed by atoms with Crippen molar-refractivity contribution in [3.05, 3.63) is 25.4 Å². The lowest BCUT2D eigenvalue weighted by Crippen LogP contribution is -2.15. The smallest absolute Gasteiger partial charge is 0.0717 e. The second-order valence-corrected chi connectivity index (χ2v) is 15.6. The Bertz CT molecular complexity index is 636. The number of thioether (sulfide) groups is 8. The molecular formula is C20H30O6S8-2. The zero-order valence-corrected chi connectivity index (χ0v) is 25.7. The Morgan fingerprint density at radius 1 is 0.529 bits per heavy atom. The number of hydrogen-bond donors (Lipinski definition) is 0. The lowest BCUT2D eigenvalue weighted by molar-refractivity contribution is -0.374. The Labute approximate surface area is 237 Å². The maximum absolute atomic E-state index is 10.4. The summed E-state index contributed by atoms with van der Waals surface area (Å²) in [4.78, 5) is 0. The molecule has 0 N–H and O–H groups in total. The third-order valence-corrected chi connectivity index (χ3v) is 14.9. The monoisotopic (exact) mass is 622 g/mol. The zero-order chi connectivity index (χ0) is 24.4. The van der Waals surface area contributed by atoms with E-state index in [0.29, 0.717) is 39.6 Å². The van der Waals surface area contributed by atoms with Crippen LogP contribution in [-0.2, 0) is 18.9 Å². The highest BCUT2D eigenvalue weighted by Crippen LogP contribution is 2.65. The van der Waals surface area contributed by atoms with E-state index in [4.69, 9.17) is 18.9 Å². The third kappa shape index (κ3) is 12.5. The fraction of sp³-hybridized carbons (Fsp3) is 0.700. The van der Waals surface area contributed by atoms with Crippen molar-refractivity contribution in [3.8, 4) is 0 Å². The average molecular weight is 623 g/mol. The van der Waals surface area contributed by atoms with Crippen molar-refractivity contribution in [1.29, 1.82) is 0 Å². The minimum atomic E-state index is -0.208. The molecule has 2 aliphatic heterocycles. The molecule has 6 nitrogen and oxygen atoms in total. The molecule has 0 radical (unpaired) electrons. The standard InChI is InChI=1S/C20H30O6S8/c1-27-15-16(28-2)32-19(31-15)20-33-17(29-13-11-25-9-7-23-5-3-21)18(34-20)30-14-12-26-10-8-24-6-4-22/h3-14H2,1-2H3/q-2. The summed E-state index contributed by atoms with van der Waals surface area (Å²) in [5.41, 5.74) is 0. The van der Waals surface area contributed by atoms with Crippen LogP contribution in [0.25, 0.3) is 0 Å². The van der Waals surface area contributed by atoms with Gasteiger partial charge in [-0.1, -0.05) is 47.0 Å². The second-order valence-electron chi connectivity index (χ2n) is 6.10. The number of hydrogen-bond acceptors (Lipinski definition) is 14. The van der Waals surface area contributed by atoms with Crippen LogP contribution in [0.2, 0.25) is 0 Å². The van der Waals surface area contributed by atoms with Gasteiger partial charge in [-0.05, 0) is 12.5 Å². The van der Waals surface area contributed by atoms with E-state index in [1.54, 1.807) is 0 Å². The molecule has 2 aliphatic rings. The van der Waals surface area contributed by atoms with Gasteiger partial charge in [0.05, 0.1) is 65.1 Å². The van der Waals surface area contributed by atoms with Crippen LogP contribution in [0, 0.1) is 0 Å². The number of rotatable bonds is 20. The summed E-state index contributed by atoms with van der Waals surface area (Å²) in [7, 11) is 0. The minimum Gasteiger partial charge on any atom is -0.853 e. The zero-order valence-electron chi connectivity index (χ0n) is 19.2. The van der Waals surface area contributed by atoms with Gasteiger partial charge in [-0.15, -0.1) is 60.3 Å². The van der Waals surface area contributed by atoms with E-state index >= 15 is 0 Å². The van der Waals surface area contributed by atoms with Crippen molar-refractivity contribution < 1.29 is 29.2 Å². The highest BCUT2D eigenvalue weighted by Gasteiger charge is 2.30. The lowest BCUT2D eigenvalue weighted by atomic mass is 10.7. The highest BCUT2D eigenvalue weighted by molar-refractivity contribution is 8.45. The van der Waals surface area contributed by atoms with Gasteiger partial charge in [0.25, 0.3) is 0 Å². The predicted octanol–water partition coefficient (Wildman–Crippen LogP) is 4.31. The van der Waals surface area contributed by atoms with E-state index < -0.39 is 0 Å². The summed E-state index contributed by atoms with van der Waals surface area (Å²) in [6.07, 6.45) is 4.28. The average Bonchev–Trinajstić information content (AvgIpc) is 3.46. The topological polar surface area (TPSA) is 83.0 Å². The SMILES string of the molecule is CSC1=C(SC)SC(=C2SC(SCCOCCOCC[O-])=C(SCCOCCOCC[O-])S2)S1. The molecule has 14 heteroatoms. The Kier molecular flexibility index (Phi) is 19.5. The molecule has 0 aromatic rings. The van der Waals surface area contributed by atoms with E-state index in [9.17, 15) is 10.2 Å². The third-order valence-electron chi connectivity index (χ3n) is 3.73. The van der Waals surface area contributed by atoms with Crippen LogP contribution in [0.1, 0.15) is 0 Å². The van der Waals surface area contributed by atoms with Crippen molar-refractivity contribution in [2.75, 3.05) is 90.1 Å². The quantitative estimate of drug-likeness (QED) is 0.181. The molecule has 0 unspecified atom stereocenters. The van der Waals surface area contributed by atoms with Gasteiger partial charge >= 0.3 is 0 Å². The molecule has 0 amide bonds. The Morgan fingerprint density at radius 2 is 0.882 bits per heavy atom. The van der Waals surface area contributed by atoms with Crippen molar-refractivity contribution in [1.82, 2.24) is 0 Å². The van der Waals surface area contributed by atoms with Gasteiger partial charge in [0.2, 0.25) is 0 Å². The molecule has 0 aliphatic carbocycles. The van der Waals surface area contributed by atoms with E-state index in [1.807, 2.05) is 94.1 Å². The van der Waals surface area contributed by atoms with Gasteiger partial charge in [0.1, 0.15) is 0 Å². The molecule has 0 spiro atoms. The molecule has 0 fully saturated rings. The molecule has 196 valence electrons. The first-order valence-corrected chi connectivity index (χ1v) is 18.2. The summed E-state index contributed by atoms with van der Waals surface area (Å²) in [6.45, 7) is 3.34. The lowest BCUT2D eigenvalue weighted by Gasteiger charge is -2.08. The Morgan fingerprint density at radius 3 is 1.24 bits per heavy atom. The maximum Gasteiger partial charge on any atom is 0.0717 e. The van der Waals surface area contributed by atoms with E-state index in [2.05, 4.69) is 12.5 Å². The van der Waals surface area contributed by atoms with Gasteiger partial charge in [-0.2, -0.15) is 0 Å². The molecule has 0 aromatic carbocycles. The molecular weight excluding hydrogens is 593 g/mol. The van der Waals surface area contributed by atoms with E-state index in [1.165, 1.54) is 25.4 Å². The Hall–Kier alpha value is 1.78. The van der Waals surface area contributed by atoms with Gasteiger partial charge < -0.3 is 29.2 Å². The van der Waals surface area contributed by atoms with E-state index in [-0.39, 0.29) is 26.4 Å². The van der Waals surface area contributed by atoms with Gasteiger partial charge in [0, 0.05) is 24.7 Å². The number of ether oxygens (including phenoxy) is 4. The summed E-state index contributed by atoms with van der Waals surface area (Å²) in [6, 6.07) is 0. The summed E-state index contributed by atoms with van der Waals surface area (Å²) < 4.78 is 29.7. The molecule has 0 aromatic heterocycles. The van der Waals surface area contributed by atoms with Crippen molar-refractivity contribution >= 4 is 94.1 Å². The van der Waals surface area contributed by atoms with Crippen LogP contribution in [0.3, 0.4) is 0 Å². The first-order chi connectivity index (χ1) is 16.7. The molecule has 34 heavy (non-hydrogen) atoms. The van der Waals surface area contributed by atoms with Crippen LogP contribution in [0.5, 0.6) is 0 Å². The van der Waals surface area contributed by atoms with Crippen LogP contribution in [0.4, 0.5) is 0 Å². The molecule has 0 saturated carbocycles. The van der Waals surface area contributed by atoms with Gasteiger partial charge in [0.15, 0.2) is 0 Å². The van der Waals surface area contributed by atoms with Crippen molar-refractivity contribution in [2.24, 2.45) is 0 Å². The highest BCUT2D eigenvalue weighted by atomic mass is 32.3. The Balaban J connectivity index is 1.81. The predicted molar refractivity (Wildman–Crippen MR) is 156 cm³/mol. The normalized spacial score (nSPS) is 16.6. The van der Waals surface area contributed by atoms with Gasteiger partial charge in [-0.25, -0.2) is 0 Å². The molecule has 2 heterocycles. The first-order valence-electron chi connectivity index (χ1n) is 10.5. The minimum absolute atomic E-state index is 0.208. The maximum atomic E-state index is 10.4. The van der Waals surface area contributed by atoms with E-state index in [0.717, 1.165) is 11.5 Å².